The van der Waals surface area contributed by atoms with E-state index in [0.717, 1.165) is 16.7 Å². The molecule has 3 aromatic rings. The fourth-order valence-corrected chi connectivity index (χ4v) is 4.15. The van der Waals surface area contributed by atoms with Gasteiger partial charge < -0.3 is 0 Å². The van der Waals surface area contributed by atoms with Crippen molar-refractivity contribution in [1.29, 1.82) is 0 Å². The van der Waals surface area contributed by atoms with Gasteiger partial charge in [-0.05, 0) is 47.9 Å². The van der Waals surface area contributed by atoms with Crippen molar-refractivity contribution in [2.24, 2.45) is 0 Å². The number of hydrogen-bond acceptors (Lipinski definition) is 2. The van der Waals surface area contributed by atoms with Crippen LogP contribution in [0.1, 0.15) is 22.7 Å². The Kier molecular flexibility index (Phi) is 5.23. The standard InChI is InChI=1S/C20H18ClNO2S/c1-15-8-5-6-13-19(15)20(16-9-7-10-17(21)14-16)22-25(23,24)18-11-3-2-4-12-18/h2-14,20,22H,1H3. The molecule has 0 bridgehead atoms. The van der Waals surface area contributed by atoms with Gasteiger partial charge in [0.15, 0.2) is 0 Å². The van der Waals surface area contributed by atoms with E-state index in [4.69, 9.17) is 11.6 Å². The molecule has 0 spiro atoms. The van der Waals surface area contributed by atoms with Crippen molar-refractivity contribution in [3.63, 3.8) is 0 Å². The number of rotatable bonds is 5. The van der Waals surface area contributed by atoms with E-state index in [2.05, 4.69) is 4.72 Å². The van der Waals surface area contributed by atoms with Crippen LogP contribution in [0.25, 0.3) is 0 Å². The maximum atomic E-state index is 12.8. The minimum atomic E-state index is -3.68. The Bertz CT molecular complexity index is 972. The van der Waals surface area contributed by atoms with E-state index in [9.17, 15) is 8.42 Å². The normalized spacial score (nSPS) is 12.7. The van der Waals surface area contributed by atoms with Crippen molar-refractivity contribution >= 4 is 21.6 Å². The number of benzene rings is 3. The summed E-state index contributed by atoms with van der Waals surface area (Å²) in [7, 11) is -3.68. The van der Waals surface area contributed by atoms with Crippen LogP contribution in [0.3, 0.4) is 0 Å². The molecule has 0 fully saturated rings. The monoisotopic (exact) mass is 371 g/mol. The summed E-state index contributed by atoms with van der Waals surface area (Å²) >= 11 is 6.13. The highest BCUT2D eigenvalue weighted by Crippen LogP contribution is 2.28. The van der Waals surface area contributed by atoms with Crippen molar-refractivity contribution < 1.29 is 8.42 Å². The Morgan fingerprint density at radius 2 is 1.56 bits per heavy atom. The molecule has 0 aromatic heterocycles. The van der Waals surface area contributed by atoms with E-state index in [1.165, 1.54) is 0 Å². The highest BCUT2D eigenvalue weighted by atomic mass is 35.5. The van der Waals surface area contributed by atoms with Crippen LogP contribution in [0.4, 0.5) is 0 Å². The van der Waals surface area contributed by atoms with Crippen LogP contribution < -0.4 is 4.72 Å². The second-order valence-corrected chi connectivity index (χ2v) is 7.93. The van der Waals surface area contributed by atoms with Gasteiger partial charge >= 0.3 is 0 Å². The topological polar surface area (TPSA) is 46.2 Å². The Morgan fingerprint density at radius 1 is 0.880 bits per heavy atom. The second-order valence-electron chi connectivity index (χ2n) is 5.78. The Balaban J connectivity index is 2.08. The van der Waals surface area contributed by atoms with Gasteiger partial charge in [-0.2, -0.15) is 4.72 Å². The molecule has 0 saturated heterocycles. The molecule has 0 heterocycles. The van der Waals surface area contributed by atoms with Gasteiger partial charge in [0.1, 0.15) is 0 Å². The number of aryl methyl sites for hydroxylation is 1. The SMILES string of the molecule is Cc1ccccc1C(NS(=O)(=O)c1ccccc1)c1cccc(Cl)c1. The average molecular weight is 372 g/mol. The largest absolute Gasteiger partial charge is 0.241 e. The van der Waals surface area contributed by atoms with Gasteiger partial charge in [-0.15, -0.1) is 0 Å². The Hall–Kier alpha value is -2.14. The van der Waals surface area contributed by atoms with E-state index in [-0.39, 0.29) is 4.90 Å². The minimum Gasteiger partial charge on any atom is -0.207 e. The van der Waals surface area contributed by atoms with Crippen LogP contribution in [0, 0.1) is 6.92 Å². The van der Waals surface area contributed by atoms with Crippen LogP contribution in [0.2, 0.25) is 5.02 Å². The van der Waals surface area contributed by atoms with Crippen molar-refractivity contribution in [3.8, 4) is 0 Å². The molecule has 3 nitrogen and oxygen atoms in total. The van der Waals surface area contributed by atoms with Gasteiger partial charge in [-0.1, -0.05) is 66.2 Å². The summed E-state index contributed by atoms with van der Waals surface area (Å²) in [4.78, 5) is 0.232. The summed E-state index contributed by atoms with van der Waals surface area (Å²) in [5.41, 5.74) is 2.69. The Morgan fingerprint density at radius 3 is 2.24 bits per heavy atom. The fourth-order valence-electron chi connectivity index (χ4n) is 2.73. The highest BCUT2D eigenvalue weighted by molar-refractivity contribution is 7.89. The van der Waals surface area contributed by atoms with Crippen molar-refractivity contribution in [2.45, 2.75) is 17.9 Å². The lowest BCUT2D eigenvalue weighted by Gasteiger charge is -2.22. The molecule has 1 unspecified atom stereocenters. The van der Waals surface area contributed by atoms with Gasteiger partial charge in [0.25, 0.3) is 0 Å². The van der Waals surface area contributed by atoms with Crippen LogP contribution in [0.15, 0.2) is 83.8 Å². The molecule has 3 rings (SSSR count). The zero-order valence-electron chi connectivity index (χ0n) is 13.7. The molecule has 0 saturated carbocycles. The molecule has 0 aliphatic heterocycles. The van der Waals surface area contributed by atoms with Gasteiger partial charge in [-0.25, -0.2) is 8.42 Å². The summed E-state index contributed by atoms with van der Waals surface area (Å²) in [6, 6.07) is 22.8. The number of halogens is 1. The van der Waals surface area contributed by atoms with Gasteiger partial charge in [0.2, 0.25) is 10.0 Å². The molecule has 25 heavy (non-hydrogen) atoms. The first kappa shape index (κ1) is 17.7. The average Bonchev–Trinajstić information content (AvgIpc) is 2.61. The number of nitrogens with one attached hydrogen (secondary N) is 1. The molecule has 3 aromatic carbocycles. The summed E-state index contributed by atoms with van der Waals surface area (Å²) in [5, 5.41) is 0.565. The van der Waals surface area contributed by atoms with E-state index in [1.54, 1.807) is 42.5 Å². The van der Waals surface area contributed by atoms with Crippen LogP contribution in [-0.2, 0) is 10.0 Å². The van der Waals surface area contributed by atoms with Gasteiger partial charge in [0.05, 0.1) is 10.9 Å². The van der Waals surface area contributed by atoms with Crippen molar-refractivity contribution in [1.82, 2.24) is 4.72 Å². The molecule has 0 aliphatic rings. The summed E-state index contributed by atoms with van der Waals surface area (Å²) in [6.07, 6.45) is 0. The molecule has 0 amide bonds. The number of hydrogen-bond donors (Lipinski definition) is 1. The van der Waals surface area contributed by atoms with Crippen molar-refractivity contribution in [2.75, 3.05) is 0 Å². The lowest BCUT2D eigenvalue weighted by molar-refractivity contribution is 0.572. The zero-order chi connectivity index (χ0) is 17.9. The predicted molar refractivity (Wildman–Crippen MR) is 101 cm³/mol. The maximum absolute atomic E-state index is 12.8. The molecular formula is C20H18ClNO2S. The molecule has 0 radical (unpaired) electrons. The zero-order valence-corrected chi connectivity index (χ0v) is 15.3. The molecule has 128 valence electrons. The molecular weight excluding hydrogens is 354 g/mol. The first-order valence-corrected chi connectivity index (χ1v) is 9.72. The number of sulfonamides is 1. The third kappa shape index (κ3) is 4.10. The maximum Gasteiger partial charge on any atom is 0.241 e. The third-order valence-corrected chi connectivity index (χ3v) is 5.68. The predicted octanol–water partition coefficient (Wildman–Crippen LogP) is 4.72. The fraction of sp³-hybridized carbons (Fsp3) is 0.100. The summed E-state index contributed by atoms with van der Waals surface area (Å²) in [6.45, 7) is 1.96. The first-order chi connectivity index (χ1) is 12.0. The van der Waals surface area contributed by atoms with Crippen LogP contribution >= 0.6 is 11.6 Å². The summed E-state index contributed by atoms with van der Waals surface area (Å²) in [5.74, 6) is 0. The smallest absolute Gasteiger partial charge is 0.207 e. The van der Waals surface area contributed by atoms with E-state index in [0.29, 0.717) is 5.02 Å². The minimum absolute atomic E-state index is 0.232. The second kappa shape index (κ2) is 7.40. The highest BCUT2D eigenvalue weighted by Gasteiger charge is 2.24. The van der Waals surface area contributed by atoms with E-state index < -0.39 is 16.1 Å². The van der Waals surface area contributed by atoms with Crippen LogP contribution in [0.5, 0.6) is 0 Å². The quantitative estimate of drug-likeness (QED) is 0.705. The lowest BCUT2D eigenvalue weighted by atomic mass is 9.96. The molecule has 1 N–H and O–H groups in total. The first-order valence-electron chi connectivity index (χ1n) is 7.86. The molecule has 5 heteroatoms. The lowest BCUT2D eigenvalue weighted by Crippen LogP contribution is -2.30. The third-order valence-electron chi connectivity index (χ3n) is 4.01. The van der Waals surface area contributed by atoms with Gasteiger partial charge in [-0.3, -0.25) is 0 Å². The molecule has 0 aliphatic carbocycles. The van der Waals surface area contributed by atoms with E-state index in [1.807, 2.05) is 43.3 Å². The van der Waals surface area contributed by atoms with Crippen molar-refractivity contribution in [3.05, 3.63) is 101 Å². The summed E-state index contributed by atoms with van der Waals surface area (Å²) < 4.78 is 28.5. The molecule has 1 atom stereocenters. The Labute approximate surface area is 153 Å². The van der Waals surface area contributed by atoms with Gasteiger partial charge in [0, 0.05) is 5.02 Å². The van der Waals surface area contributed by atoms with Crippen LogP contribution in [-0.4, -0.2) is 8.42 Å². The van der Waals surface area contributed by atoms with E-state index >= 15 is 0 Å².